The van der Waals surface area contributed by atoms with Crippen LogP contribution in [-0.4, -0.2) is 41.2 Å². The fourth-order valence-electron chi connectivity index (χ4n) is 2.60. The number of piperidine rings is 1. The molecule has 0 spiro atoms. The van der Waals surface area contributed by atoms with Gasteiger partial charge in [0.25, 0.3) is 0 Å². The first-order valence-electron chi connectivity index (χ1n) is 7.96. The molecule has 2 heterocycles. The van der Waals surface area contributed by atoms with E-state index in [1.54, 1.807) is 11.3 Å². The highest BCUT2D eigenvalue weighted by atomic mass is 32.1. The minimum absolute atomic E-state index is 0.190. The van der Waals surface area contributed by atoms with Gasteiger partial charge in [-0.05, 0) is 46.5 Å². The molecule has 1 aliphatic rings. The van der Waals surface area contributed by atoms with E-state index in [0.717, 1.165) is 37.5 Å². The van der Waals surface area contributed by atoms with Crippen LogP contribution < -0.4 is 5.32 Å². The molecule has 0 unspecified atom stereocenters. The molecule has 2 atom stereocenters. The van der Waals surface area contributed by atoms with E-state index in [4.69, 9.17) is 4.74 Å². The highest BCUT2D eigenvalue weighted by Gasteiger charge is 2.27. The highest BCUT2D eigenvalue weighted by Crippen LogP contribution is 2.20. The molecule has 1 amide bonds. The number of carbonyl (C=O) groups is 1. The van der Waals surface area contributed by atoms with Crippen LogP contribution in [0, 0.1) is 5.92 Å². The van der Waals surface area contributed by atoms with E-state index in [1.165, 1.54) is 0 Å². The Balaban J connectivity index is 1.79. The molecule has 6 heteroatoms. The van der Waals surface area contributed by atoms with Crippen LogP contribution in [0.5, 0.6) is 0 Å². The van der Waals surface area contributed by atoms with Gasteiger partial charge in [0, 0.05) is 31.2 Å². The molecule has 1 aromatic rings. The summed E-state index contributed by atoms with van der Waals surface area (Å²) in [5.41, 5.74) is -0.429. The van der Waals surface area contributed by atoms with Crippen LogP contribution in [0.15, 0.2) is 11.6 Å². The predicted molar refractivity (Wildman–Crippen MR) is 89.1 cm³/mol. The number of thiazole rings is 1. The van der Waals surface area contributed by atoms with Gasteiger partial charge in [-0.3, -0.25) is 0 Å². The zero-order valence-corrected chi connectivity index (χ0v) is 14.8. The summed E-state index contributed by atoms with van der Waals surface area (Å²) in [6.45, 7) is 10.3. The van der Waals surface area contributed by atoms with Crippen molar-refractivity contribution in [2.45, 2.75) is 52.2 Å². The van der Waals surface area contributed by atoms with Gasteiger partial charge in [0.1, 0.15) is 10.6 Å². The van der Waals surface area contributed by atoms with Crippen LogP contribution in [0.3, 0.4) is 0 Å². The summed E-state index contributed by atoms with van der Waals surface area (Å²) in [6, 6.07) is 0.261. The maximum Gasteiger partial charge on any atom is 0.410 e. The minimum Gasteiger partial charge on any atom is -0.444 e. The third kappa shape index (κ3) is 5.25. The lowest BCUT2D eigenvalue weighted by Gasteiger charge is -2.34. The molecule has 0 aromatic carbocycles. The number of hydrogen-bond donors (Lipinski definition) is 1. The van der Waals surface area contributed by atoms with Gasteiger partial charge in [0.2, 0.25) is 0 Å². The number of carbonyl (C=O) groups excluding carboxylic acids is 1. The lowest BCUT2D eigenvalue weighted by atomic mass is 9.98. The third-order valence-corrected chi connectivity index (χ3v) is 4.66. The normalized spacial score (nSPS) is 20.7. The lowest BCUT2D eigenvalue weighted by Crippen LogP contribution is -2.45. The summed E-state index contributed by atoms with van der Waals surface area (Å²) in [5, 5.41) is 6.64. The van der Waals surface area contributed by atoms with Gasteiger partial charge in [-0.25, -0.2) is 9.78 Å². The van der Waals surface area contributed by atoms with Crippen LogP contribution in [0.25, 0.3) is 0 Å². The first kappa shape index (κ1) is 17.2. The average molecular weight is 325 g/mol. The van der Waals surface area contributed by atoms with Gasteiger partial charge in [-0.1, -0.05) is 0 Å². The predicted octanol–water partition coefficient (Wildman–Crippen LogP) is 3.44. The number of likely N-dealkylation sites (tertiary alicyclic amines) is 1. The molecular weight excluding hydrogens is 298 g/mol. The SMILES string of the molecule is C[C@@H](NC[C@@H]1CCCN(C(=O)OC(C)(C)C)C1)c1nccs1. The number of aromatic nitrogens is 1. The number of hydrogen-bond acceptors (Lipinski definition) is 5. The molecule has 0 bridgehead atoms. The molecule has 2 rings (SSSR count). The Morgan fingerprint density at radius 2 is 2.36 bits per heavy atom. The van der Waals surface area contributed by atoms with Gasteiger partial charge < -0.3 is 15.0 Å². The van der Waals surface area contributed by atoms with Crippen molar-refractivity contribution in [3.8, 4) is 0 Å². The van der Waals surface area contributed by atoms with E-state index in [1.807, 2.05) is 37.2 Å². The molecule has 5 nitrogen and oxygen atoms in total. The molecule has 22 heavy (non-hydrogen) atoms. The monoisotopic (exact) mass is 325 g/mol. The van der Waals surface area contributed by atoms with Crippen LogP contribution >= 0.6 is 11.3 Å². The fourth-order valence-corrected chi connectivity index (χ4v) is 3.27. The third-order valence-electron chi connectivity index (χ3n) is 3.71. The minimum atomic E-state index is -0.429. The fraction of sp³-hybridized carbons (Fsp3) is 0.750. The quantitative estimate of drug-likeness (QED) is 0.921. The van der Waals surface area contributed by atoms with Crippen molar-refractivity contribution >= 4 is 17.4 Å². The smallest absolute Gasteiger partial charge is 0.410 e. The Morgan fingerprint density at radius 3 is 3.00 bits per heavy atom. The second kappa shape index (κ2) is 7.42. The van der Waals surface area contributed by atoms with Gasteiger partial charge in [0.15, 0.2) is 0 Å². The van der Waals surface area contributed by atoms with E-state index in [-0.39, 0.29) is 12.1 Å². The van der Waals surface area contributed by atoms with Crippen LogP contribution in [0.4, 0.5) is 4.79 Å². The standard InChI is InChI=1S/C16H27N3O2S/c1-12(14-17-7-9-22-14)18-10-13-6-5-8-19(11-13)15(20)21-16(2,3)4/h7,9,12-13,18H,5-6,8,10-11H2,1-4H3/t12-,13+/m1/s1. The van der Waals surface area contributed by atoms with Crippen molar-refractivity contribution < 1.29 is 9.53 Å². The van der Waals surface area contributed by atoms with E-state index >= 15 is 0 Å². The number of nitrogens with one attached hydrogen (secondary N) is 1. The highest BCUT2D eigenvalue weighted by molar-refractivity contribution is 7.09. The molecular formula is C16H27N3O2S. The Labute approximate surface area is 137 Å². The molecule has 0 aliphatic carbocycles. The molecule has 0 radical (unpaired) electrons. The Bertz CT molecular complexity index is 470. The van der Waals surface area contributed by atoms with Crippen molar-refractivity contribution in [1.82, 2.24) is 15.2 Å². The first-order valence-corrected chi connectivity index (χ1v) is 8.84. The van der Waals surface area contributed by atoms with Crippen molar-refractivity contribution in [2.24, 2.45) is 5.92 Å². The zero-order valence-electron chi connectivity index (χ0n) is 14.0. The average Bonchev–Trinajstić information content (AvgIpc) is 2.97. The summed E-state index contributed by atoms with van der Waals surface area (Å²) in [7, 11) is 0. The van der Waals surface area contributed by atoms with Crippen molar-refractivity contribution in [2.75, 3.05) is 19.6 Å². The number of ether oxygens (including phenoxy) is 1. The Hall–Kier alpha value is -1.14. The molecule has 124 valence electrons. The number of amides is 1. The summed E-state index contributed by atoms with van der Waals surface area (Å²) in [5.74, 6) is 0.476. The van der Waals surface area contributed by atoms with Crippen LogP contribution in [0.1, 0.15) is 51.6 Å². The second-order valence-electron chi connectivity index (χ2n) is 6.93. The van der Waals surface area contributed by atoms with E-state index in [0.29, 0.717) is 5.92 Å². The molecule has 1 aliphatic heterocycles. The largest absolute Gasteiger partial charge is 0.444 e. The second-order valence-corrected chi connectivity index (χ2v) is 7.86. The first-order chi connectivity index (χ1) is 10.3. The molecule has 1 saturated heterocycles. The maximum atomic E-state index is 12.2. The molecule has 1 N–H and O–H groups in total. The molecule has 1 aromatic heterocycles. The van der Waals surface area contributed by atoms with E-state index in [2.05, 4.69) is 17.2 Å². The Morgan fingerprint density at radius 1 is 1.59 bits per heavy atom. The van der Waals surface area contributed by atoms with E-state index < -0.39 is 5.60 Å². The van der Waals surface area contributed by atoms with Gasteiger partial charge in [-0.15, -0.1) is 11.3 Å². The van der Waals surface area contributed by atoms with Crippen molar-refractivity contribution in [1.29, 1.82) is 0 Å². The Kier molecular flexibility index (Phi) is 5.81. The summed E-state index contributed by atoms with van der Waals surface area (Å²) in [4.78, 5) is 18.3. The van der Waals surface area contributed by atoms with Gasteiger partial charge in [-0.2, -0.15) is 0 Å². The van der Waals surface area contributed by atoms with Crippen LogP contribution in [-0.2, 0) is 4.74 Å². The maximum absolute atomic E-state index is 12.2. The van der Waals surface area contributed by atoms with Crippen LogP contribution in [0.2, 0.25) is 0 Å². The van der Waals surface area contributed by atoms with Crippen molar-refractivity contribution in [3.63, 3.8) is 0 Å². The number of nitrogens with zero attached hydrogens (tertiary/aromatic N) is 2. The summed E-state index contributed by atoms with van der Waals surface area (Å²) < 4.78 is 5.47. The topological polar surface area (TPSA) is 54.5 Å². The van der Waals surface area contributed by atoms with Gasteiger partial charge in [0.05, 0.1) is 6.04 Å². The summed E-state index contributed by atoms with van der Waals surface area (Å²) >= 11 is 1.67. The lowest BCUT2D eigenvalue weighted by molar-refractivity contribution is 0.0165. The van der Waals surface area contributed by atoms with E-state index in [9.17, 15) is 4.79 Å². The zero-order chi connectivity index (χ0) is 16.2. The molecule has 0 saturated carbocycles. The van der Waals surface area contributed by atoms with Gasteiger partial charge >= 0.3 is 6.09 Å². The van der Waals surface area contributed by atoms with Crippen molar-refractivity contribution in [3.05, 3.63) is 16.6 Å². The summed E-state index contributed by atoms with van der Waals surface area (Å²) in [6.07, 6.45) is 3.84. The molecule has 1 fully saturated rings. The number of rotatable bonds is 4.